The first-order valence-corrected chi connectivity index (χ1v) is 4.43. The molecule has 0 spiro atoms. The Morgan fingerprint density at radius 2 is 2.00 bits per heavy atom. The van der Waals surface area contributed by atoms with Crippen LogP contribution in [0.3, 0.4) is 0 Å². The number of carbonyl (C=O) groups excluding carboxylic acids is 1. The fraction of sp³-hybridized carbons (Fsp3) is 0.778. The average molecular weight is 166 g/mol. The highest BCUT2D eigenvalue weighted by atomic mass is 16.1. The Balaban J connectivity index is 2.35. The zero-order chi connectivity index (χ0) is 8.97. The Labute approximate surface area is 72.8 Å². The number of nitrogens with one attached hydrogen (secondary N) is 1. The molecule has 1 aliphatic rings. The quantitative estimate of drug-likeness (QED) is 0.473. The van der Waals surface area contributed by atoms with Crippen molar-refractivity contribution in [2.45, 2.75) is 32.6 Å². The molecule has 0 unspecified atom stereocenters. The lowest BCUT2D eigenvalue weighted by Crippen LogP contribution is -2.29. The van der Waals surface area contributed by atoms with Gasteiger partial charge in [-0.25, -0.2) is 0 Å². The molecule has 0 radical (unpaired) electrons. The fourth-order valence-electron chi connectivity index (χ4n) is 1.68. The summed E-state index contributed by atoms with van der Waals surface area (Å²) in [5.41, 5.74) is 0. The molecule has 3 nitrogen and oxygen atoms in total. The highest BCUT2D eigenvalue weighted by Crippen LogP contribution is 2.28. The van der Waals surface area contributed by atoms with Gasteiger partial charge in [-0.3, -0.25) is 10.1 Å². The molecule has 0 aromatic heterocycles. The van der Waals surface area contributed by atoms with Crippen LogP contribution in [0.1, 0.15) is 32.6 Å². The number of nitrogens with zero attached hydrogens (tertiary/aromatic N) is 1. The summed E-state index contributed by atoms with van der Waals surface area (Å²) in [6.45, 7) is 2.21. The van der Waals surface area contributed by atoms with Crippen molar-refractivity contribution in [3.63, 3.8) is 0 Å². The molecule has 1 aliphatic carbocycles. The molecule has 12 heavy (non-hydrogen) atoms. The van der Waals surface area contributed by atoms with Crippen LogP contribution in [0, 0.1) is 23.3 Å². The molecule has 0 bridgehead atoms. The number of hydrogen-bond donors (Lipinski definition) is 1. The van der Waals surface area contributed by atoms with Crippen LogP contribution >= 0.6 is 0 Å². The normalized spacial score (nSPS) is 29.0. The Kier molecular flexibility index (Phi) is 3.09. The van der Waals surface area contributed by atoms with Gasteiger partial charge in [-0.1, -0.05) is 6.92 Å². The second-order valence-corrected chi connectivity index (χ2v) is 3.56. The first-order chi connectivity index (χ1) is 5.74. The Morgan fingerprint density at radius 1 is 1.42 bits per heavy atom. The lowest BCUT2D eigenvalue weighted by Gasteiger charge is -2.23. The van der Waals surface area contributed by atoms with Crippen molar-refractivity contribution in [1.82, 2.24) is 5.32 Å². The summed E-state index contributed by atoms with van der Waals surface area (Å²) in [5, 5.41) is 10.4. The van der Waals surface area contributed by atoms with E-state index < -0.39 is 0 Å². The summed E-state index contributed by atoms with van der Waals surface area (Å²) < 4.78 is 0. The second kappa shape index (κ2) is 4.10. The Bertz CT molecular complexity index is 199. The molecule has 1 amide bonds. The van der Waals surface area contributed by atoms with Crippen LogP contribution in [0.15, 0.2) is 0 Å². The molecule has 1 rings (SSSR count). The van der Waals surface area contributed by atoms with E-state index in [-0.39, 0.29) is 11.8 Å². The predicted octanol–water partition coefficient (Wildman–Crippen LogP) is 1.41. The first-order valence-electron chi connectivity index (χ1n) is 4.43. The van der Waals surface area contributed by atoms with Gasteiger partial charge >= 0.3 is 0 Å². The minimum atomic E-state index is -0.0931. The van der Waals surface area contributed by atoms with Crippen LogP contribution in [-0.2, 0) is 4.79 Å². The molecule has 0 aliphatic heterocycles. The van der Waals surface area contributed by atoms with E-state index >= 15 is 0 Å². The van der Waals surface area contributed by atoms with E-state index in [1.807, 2.05) is 0 Å². The monoisotopic (exact) mass is 166 g/mol. The highest BCUT2D eigenvalue weighted by molar-refractivity contribution is 5.79. The van der Waals surface area contributed by atoms with Crippen LogP contribution in [0.2, 0.25) is 0 Å². The molecule has 3 heteroatoms. The summed E-state index contributed by atoms with van der Waals surface area (Å²) in [6, 6.07) is 0. The van der Waals surface area contributed by atoms with Crippen molar-refractivity contribution < 1.29 is 4.79 Å². The molecule has 1 fully saturated rings. The maximum Gasteiger partial charge on any atom is 0.236 e. The molecule has 1 N–H and O–H groups in total. The molecular formula is C9H14N2O. The number of amides is 1. The number of carbonyl (C=O) groups is 1. The summed E-state index contributed by atoms with van der Waals surface area (Å²) in [5.74, 6) is 0.737. The highest BCUT2D eigenvalue weighted by Gasteiger charge is 2.23. The maximum absolute atomic E-state index is 11.2. The molecule has 0 saturated heterocycles. The van der Waals surface area contributed by atoms with Gasteiger partial charge in [-0.15, -0.1) is 0 Å². The molecule has 1 saturated carbocycles. The summed E-state index contributed by atoms with van der Waals surface area (Å²) in [4.78, 5) is 11.2. The van der Waals surface area contributed by atoms with Crippen molar-refractivity contribution in [1.29, 1.82) is 5.26 Å². The maximum atomic E-state index is 11.2. The van der Waals surface area contributed by atoms with Gasteiger partial charge in [0.2, 0.25) is 5.91 Å². The number of hydrogen-bond acceptors (Lipinski definition) is 2. The van der Waals surface area contributed by atoms with Crippen LogP contribution in [0.4, 0.5) is 0 Å². The molecular weight excluding hydrogens is 152 g/mol. The third-order valence-corrected chi connectivity index (χ3v) is 2.57. The van der Waals surface area contributed by atoms with Crippen LogP contribution in [0.25, 0.3) is 0 Å². The predicted molar refractivity (Wildman–Crippen MR) is 44.9 cm³/mol. The first kappa shape index (κ1) is 9.05. The van der Waals surface area contributed by atoms with E-state index in [9.17, 15) is 4.79 Å². The minimum Gasteiger partial charge on any atom is -0.274 e. The fourth-order valence-corrected chi connectivity index (χ4v) is 1.68. The van der Waals surface area contributed by atoms with Crippen molar-refractivity contribution in [3.05, 3.63) is 0 Å². The number of nitriles is 1. The van der Waals surface area contributed by atoms with Crippen LogP contribution in [-0.4, -0.2) is 5.91 Å². The zero-order valence-corrected chi connectivity index (χ0v) is 7.34. The SMILES string of the molecule is CC1CCC(C(=O)NC#N)CC1. The molecule has 66 valence electrons. The summed E-state index contributed by atoms with van der Waals surface area (Å²) >= 11 is 0. The van der Waals surface area contributed by atoms with Gasteiger partial charge in [0, 0.05) is 5.92 Å². The average Bonchev–Trinajstić information content (AvgIpc) is 2.06. The van der Waals surface area contributed by atoms with Gasteiger partial charge < -0.3 is 0 Å². The third-order valence-electron chi connectivity index (χ3n) is 2.57. The molecule has 0 atom stereocenters. The van der Waals surface area contributed by atoms with E-state index in [1.165, 1.54) is 0 Å². The molecule has 0 heterocycles. The van der Waals surface area contributed by atoms with Crippen LogP contribution < -0.4 is 5.32 Å². The largest absolute Gasteiger partial charge is 0.274 e. The van der Waals surface area contributed by atoms with Gasteiger partial charge in [0.15, 0.2) is 6.19 Å². The van der Waals surface area contributed by atoms with Crippen LogP contribution in [0.5, 0.6) is 0 Å². The van der Waals surface area contributed by atoms with E-state index in [0.29, 0.717) is 0 Å². The summed E-state index contributed by atoms with van der Waals surface area (Å²) in [7, 11) is 0. The van der Waals surface area contributed by atoms with Crippen molar-refractivity contribution in [2.75, 3.05) is 0 Å². The van der Waals surface area contributed by atoms with Crippen molar-refractivity contribution in [2.24, 2.45) is 11.8 Å². The van der Waals surface area contributed by atoms with Crippen molar-refractivity contribution >= 4 is 5.91 Å². The van der Waals surface area contributed by atoms with Crippen molar-refractivity contribution in [3.8, 4) is 6.19 Å². The lowest BCUT2D eigenvalue weighted by molar-refractivity contribution is -0.124. The smallest absolute Gasteiger partial charge is 0.236 e. The lowest BCUT2D eigenvalue weighted by atomic mass is 9.82. The third kappa shape index (κ3) is 2.23. The van der Waals surface area contributed by atoms with E-state index in [1.54, 1.807) is 6.19 Å². The Morgan fingerprint density at radius 3 is 2.50 bits per heavy atom. The minimum absolute atomic E-state index is 0.0841. The van der Waals surface area contributed by atoms with Gasteiger partial charge in [-0.2, -0.15) is 5.26 Å². The van der Waals surface area contributed by atoms with Gasteiger partial charge in [0.05, 0.1) is 0 Å². The van der Waals surface area contributed by atoms with Gasteiger partial charge in [0.1, 0.15) is 0 Å². The second-order valence-electron chi connectivity index (χ2n) is 3.56. The molecule has 0 aromatic carbocycles. The van der Waals surface area contributed by atoms with E-state index in [2.05, 4.69) is 12.2 Å². The molecule has 0 aromatic rings. The van der Waals surface area contributed by atoms with Gasteiger partial charge in [-0.05, 0) is 31.6 Å². The van der Waals surface area contributed by atoms with E-state index in [0.717, 1.165) is 31.6 Å². The Hall–Kier alpha value is -1.04. The van der Waals surface area contributed by atoms with Gasteiger partial charge in [0.25, 0.3) is 0 Å². The number of rotatable bonds is 1. The summed E-state index contributed by atoms with van der Waals surface area (Å²) in [6.07, 6.45) is 5.78. The topological polar surface area (TPSA) is 52.9 Å². The van der Waals surface area contributed by atoms with E-state index in [4.69, 9.17) is 5.26 Å². The zero-order valence-electron chi connectivity index (χ0n) is 7.34. The standard InChI is InChI=1S/C9H14N2O/c1-7-2-4-8(5-3-7)9(12)11-6-10/h7-8H,2-5H2,1H3,(H,11,12).